The summed E-state index contributed by atoms with van der Waals surface area (Å²) in [5.74, 6) is 0.00276. The first-order valence-corrected chi connectivity index (χ1v) is 10.2. The summed E-state index contributed by atoms with van der Waals surface area (Å²) in [6.07, 6.45) is 0.453. The zero-order chi connectivity index (χ0) is 20.7. The molecule has 0 aliphatic heterocycles. The van der Waals surface area contributed by atoms with Crippen LogP contribution in [0.5, 0.6) is 5.75 Å². The molecule has 28 heavy (non-hydrogen) atoms. The third-order valence-electron chi connectivity index (χ3n) is 4.16. The molecule has 0 heterocycles. The van der Waals surface area contributed by atoms with Gasteiger partial charge in [0.15, 0.2) is 6.61 Å². The highest BCUT2D eigenvalue weighted by Crippen LogP contribution is 2.24. The van der Waals surface area contributed by atoms with E-state index in [0.29, 0.717) is 27.8 Å². The van der Waals surface area contributed by atoms with Crippen LogP contribution < -0.4 is 10.1 Å². The van der Waals surface area contributed by atoms with Gasteiger partial charge in [-0.3, -0.25) is 9.59 Å². The van der Waals surface area contributed by atoms with E-state index in [-0.39, 0.29) is 25.0 Å². The van der Waals surface area contributed by atoms with Crippen LogP contribution in [-0.2, 0) is 16.1 Å². The molecule has 2 aromatic carbocycles. The number of carbonyl (C=O) groups is 2. The van der Waals surface area contributed by atoms with Crippen molar-refractivity contribution in [1.29, 1.82) is 0 Å². The molecule has 0 spiro atoms. The molecule has 1 atom stereocenters. The molecular weight excluding hydrogens is 467 g/mol. The third kappa shape index (κ3) is 6.12. The average molecular weight is 488 g/mol. The maximum Gasteiger partial charge on any atom is 0.261 e. The number of benzene rings is 2. The van der Waals surface area contributed by atoms with Gasteiger partial charge in [0, 0.05) is 28.1 Å². The zero-order valence-electron chi connectivity index (χ0n) is 15.5. The number of likely N-dealkylation sites (N-methyl/N-ethyl adjacent to an activating group) is 1. The number of hydrogen-bond acceptors (Lipinski definition) is 3. The van der Waals surface area contributed by atoms with Crippen LogP contribution in [0.25, 0.3) is 0 Å². The second-order valence-electron chi connectivity index (χ2n) is 6.04. The van der Waals surface area contributed by atoms with Gasteiger partial charge in [0.1, 0.15) is 11.8 Å². The van der Waals surface area contributed by atoms with Crippen molar-refractivity contribution in [2.24, 2.45) is 0 Å². The minimum Gasteiger partial charge on any atom is -0.484 e. The Balaban J connectivity index is 2.21. The number of rotatable bonds is 8. The Morgan fingerprint density at radius 2 is 1.86 bits per heavy atom. The van der Waals surface area contributed by atoms with Gasteiger partial charge in [-0.05, 0) is 48.4 Å². The van der Waals surface area contributed by atoms with Crippen molar-refractivity contribution >= 4 is 50.9 Å². The number of hydrogen-bond donors (Lipinski definition) is 1. The largest absolute Gasteiger partial charge is 0.484 e. The molecule has 0 radical (unpaired) electrons. The van der Waals surface area contributed by atoms with Gasteiger partial charge < -0.3 is 15.0 Å². The minimum atomic E-state index is -0.641. The summed E-state index contributed by atoms with van der Waals surface area (Å²) in [4.78, 5) is 26.7. The third-order valence-corrected chi connectivity index (χ3v) is 5.28. The number of nitrogens with zero attached hydrogens (tertiary/aromatic N) is 1. The maximum atomic E-state index is 12.9. The van der Waals surface area contributed by atoms with Crippen molar-refractivity contribution in [2.75, 3.05) is 13.7 Å². The first-order valence-electron chi connectivity index (χ1n) is 8.69. The van der Waals surface area contributed by atoms with Gasteiger partial charge in [0.05, 0.1) is 0 Å². The Kier molecular flexibility index (Phi) is 8.60. The van der Waals surface area contributed by atoms with Crippen LogP contribution in [-0.4, -0.2) is 36.4 Å². The molecule has 0 aliphatic rings. The van der Waals surface area contributed by atoms with Crippen LogP contribution in [0, 0.1) is 0 Å². The standard InChI is InChI=1S/C20H21BrCl2N2O3/c1-3-18(20(27)24-2)25(11-13-4-7-15(22)10-17(13)23)19(26)12-28-16-8-5-14(21)6-9-16/h4-10,18H,3,11-12H2,1-2H3,(H,24,27)/t18-/m0/s1. The topological polar surface area (TPSA) is 58.6 Å². The highest BCUT2D eigenvalue weighted by atomic mass is 79.9. The molecule has 1 N–H and O–H groups in total. The Morgan fingerprint density at radius 3 is 2.43 bits per heavy atom. The summed E-state index contributed by atoms with van der Waals surface area (Å²) in [5.41, 5.74) is 0.699. The number of nitrogens with one attached hydrogen (secondary N) is 1. The molecule has 2 amide bonds. The van der Waals surface area contributed by atoms with Crippen LogP contribution in [0.4, 0.5) is 0 Å². The van der Waals surface area contributed by atoms with Crippen LogP contribution in [0.15, 0.2) is 46.9 Å². The van der Waals surface area contributed by atoms with E-state index >= 15 is 0 Å². The lowest BCUT2D eigenvalue weighted by Gasteiger charge is -2.30. The lowest BCUT2D eigenvalue weighted by molar-refractivity contribution is -0.142. The van der Waals surface area contributed by atoms with E-state index in [1.165, 1.54) is 4.90 Å². The quantitative estimate of drug-likeness (QED) is 0.587. The number of amides is 2. The van der Waals surface area contributed by atoms with Crippen molar-refractivity contribution in [3.05, 3.63) is 62.5 Å². The van der Waals surface area contributed by atoms with Gasteiger partial charge in [-0.1, -0.05) is 52.1 Å². The summed E-state index contributed by atoms with van der Waals surface area (Å²) < 4.78 is 6.51. The van der Waals surface area contributed by atoms with Crippen molar-refractivity contribution < 1.29 is 14.3 Å². The van der Waals surface area contributed by atoms with Crippen molar-refractivity contribution in [1.82, 2.24) is 10.2 Å². The molecule has 0 aliphatic carbocycles. The molecule has 0 unspecified atom stereocenters. The van der Waals surface area contributed by atoms with Crippen molar-refractivity contribution in [3.63, 3.8) is 0 Å². The lowest BCUT2D eigenvalue weighted by atomic mass is 10.1. The summed E-state index contributed by atoms with van der Waals surface area (Å²) >= 11 is 15.6. The SMILES string of the molecule is CC[C@@H](C(=O)NC)N(Cc1ccc(Cl)cc1Cl)C(=O)COc1ccc(Br)cc1. The highest BCUT2D eigenvalue weighted by Gasteiger charge is 2.28. The number of carbonyl (C=O) groups excluding carboxylic acids is 2. The van der Waals surface area contributed by atoms with Gasteiger partial charge in [-0.15, -0.1) is 0 Å². The predicted molar refractivity (Wildman–Crippen MR) is 115 cm³/mol. The van der Waals surface area contributed by atoms with E-state index in [1.54, 1.807) is 37.4 Å². The van der Waals surface area contributed by atoms with E-state index in [4.69, 9.17) is 27.9 Å². The molecule has 150 valence electrons. The van der Waals surface area contributed by atoms with Gasteiger partial charge in [0.2, 0.25) is 5.91 Å². The summed E-state index contributed by atoms with van der Waals surface area (Å²) in [7, 11) is 1.54. The van der Waals surface area contributed by atoms with E-state index in [2.05, 4.69) is 21.2 Å². The van der Waals surface area contributed by atoms with Gasteiger partial charge >= 0.3 is 0 Å². The summed E-state index contributed by atoms with van der Waals surface area (Å²) in [5, 5.41) is 3.55. The van der Waals surface area contributed by atoms with Gasteiger partial charge in [-0.25, -0.2) is 0 Å². The smallest absolute Gasteiger partial charge is 0.261 e. The minimum absolute atomic E-state index is 0.171. The van der Waals surface area contributed by atoms with Crippen molar-refractivity contribution in [3.8, 4) is 5.75 Å². The Bertz CT molecular complexity index is 831. The van der Waals surface area contributed by atoms with E-state index in [9.17, 15) is 9.59 Å². The lowest BCUT2D eigenvalue weighted by Crippen LogP contribution is -2.49. The molecule has 0 bridgehead atoms. The van der Waals surface area contributed by atoms with Crippen LogP contribution in [0.2, 0.25) is 10.0 Å². The molecule has 2 rings (SSSR count). The summed E-state index contributed by atoms with van der Waals surface area (Å²) in [6, 6.07) is 11.6. The number of halogens is 3. The van der Waals surface area contributed by atoms with Crippen molar-refractivity contribution in [2.45, 2.75) is 25.9 Å². The Labute approximate surface area is 183 Å². The molecule has 8 heteroatoms. The average Bonchev–Trinajstić information content (AvgIpc) is 2.68. The molecular formula is C20H21BrCl2N2O3. The molecule has 5 nitrogen and oxygen atoms in total. The fraction of sp³-hybridized carbons (Fsp3) is 0.300. The van der Waals surface area contributed by atoms with Crippen LogP contribution in [0.1, 0.15) is 18.9 Å². The molecule has 0 fully saturated rings. The summed E-state index contributed by atoms with van der Waals surface area (Å²) in [6.45, 7) is 1.82. The zero-order valence-corrected chi connectivity index (χ0v) is 18.6. The van der Waals surface area contributed by atoms with Gasteiger partial charge in [0.25, 0.3) is 5.91 Å². The monoisotopic (exact) mass is 486 g/mol. The molecule has 0 aromatic heterocycles. The fourth-order valence-corrected chi connectivity index (χ4v) is 3.41. The second kappa shape index (κ2) is 10.7. The van der Waals surface area contributed by atoms with E-state index in [1.807, 2.05) is 19.1 Å². The normalized spacial score (nSPS) is 11.6. The van der Waals surface area contributed by atoms with E-state index in [0.717, 1.165) is 4.47 Å². The first-order chi connectivity index (χ1) is 13.3. The molecule has 0 saturated carbocycles. The first kappa shape index (κ1) is 22.5. The predicted octanol–water partition coefficient (Wildman–Crippen LogP) is 4.69. The Morgan fingerprint density at radius 1 is 1.18 bits per heavy atom. The fourth-order valence-electron chi connectivity index (χ4n) is 2.68. The molecule has 2 aromatic rings. The maximum absolute atomic E-state index is 12.9. The van der Waals surface area contributed by atoms with Crippen LogP contribution in [0.3, 0.4) is 0 Å². The highest BCUT2D eigenvalue weighted by molar-refractivity contribution is 9.10. The number of ether oxygens (including phenoxy) is 1. The second-order valence-corrected chi connectivity index (χ2v) is 7.80. The Hall–Kier alpha value is -1.76. The molecule has 0 saturated heterocycles. The van der Waals surface area contributed by atoms with Crippen LogP contribution >= 0.6 is 39.1 Å². The van der Waals surface area contributed by atoms with Gasteiger partial charge in [-0.2, -0.15) is 0 Å². The van der Waals surface area contributed by atoms with E-state index < -0.39 is 6.04 Å².